The smallest absolute Gasteiger partial charge is 0.176 e. The molecular formula is C9H5N4. The van der Waals surface area contributed by atoms with Crippen LogP contribution in [-0.2, 0) is 0 Å². The van der Waals surface area contributed by atoms with Gasteiger partial charge in [0.05, 0.1) is 5.52 Å². The maximum atomic E-state index is 4.33. The second-order valence-electron chi connectivity index (χ2n) is 2.79. The van der Waals surface area contributed by atoms with E-state index in [1.165, 1.54) is 0 Å². The van der Waals surface area contributed by atoms with Crippen LogP contribution in [0.5, 0.6) is 0 Å². The Balaban J connectivity index is 2.57. The highest BCUT2D eigenvalue weighted by Crippen LogP contribution is 2.14. The van der Waals surface area contributed by atoms with Crippen molar-refractivity contribution in [1.82, 2.24) is 20.4 Å². The molecule has 0 amide bonds. The Kier molecular flexibility index (Phi) is 1.14. The van der Waals surface area contributed by atoms with Crippen LogP contribution in [0.2, 0.25) is 0 Å². The zero-order valence-corrected chi connectivity index (χ0v) is 6.65. The molecule has 4 heteroatoms. The summed E-state index contributed by atoms with van der Waals surface area (Å²) in [5.41, 5.74) is 2.41. The van der Waals surface area contributed by atoms with Gasteiger partial charge in [0.1, 0.15) is 5.52 Å². The Morgan fingerprint density at radius 1 is 1.31 bits per heavy atom. The molecule has 0 aliphatic rings. The summed E-state index contributed by atoms with van der Waals surface area (Å²) >= 11 is 0. The lowest BCUT2D eigenvalue weighted by molar-refractivity contribution is 0.955. The molecule has 0 aliphatic carbocycles. The Labute approximate surface area is 73.6 Å². The minimum absolute atomic E-state index is 0.715. The third-order valence-electron chi connectivity index (χ3n) is 1.96. The van der Waals surface area contributed by atoms with E-state index in [2.05, 4.69) is 26.5 Å². The number of H-pyrrole nitrogens is 1. The van der Waals surface area contributed by atoms with Crippen LogP contribution in [0, 0.1) is 6.07 Å². The molecule has 0 saturated heterocycles. The van der Waals surface area contributed by atoms with Crippen molar-refractivity contribution in [2.45, 2.75) is 0 Å². The Morgan fingerprint density at radius 2 is 2.31 bits per heavy atom. The summed E-state index contributed by atoms with van der Waals surface area (Å²) < 4.78 is 0. The molecule has 0 atom stereocenters. The molecule has 4 nitrogen and oxygen atoms in total. The molecule has 0 aliphatic heterocycles. The van der Waals surface area contributed by atoms with E-state index in [-0.39, 0.29) is 0 Å². The van der Waals surface area contributed by atoms with Gasteiger partial charge in [-0.15, -0.1) is 5.10 Å². The average molecular weight is 169 g/mol. The minimum atomic E-state index is 0.715. The Morgan fingerprint density at radius 3 is 3.31 bits per heavy atom. The first-order valence-electron chi connectivity index (χ1n) is 3.91. The maximum absolute atomic E-state index is 4.33. The van der Waals surface area contributed by atoms with Crippen LogP contribution in [0.1, 0.15) is 0 Å². The summed E-state index contributed by atoms with van der Waals surface area (Å²) in [4.78, 5) is 4.33. The molecule has 3 rings (SSSR count). The van der Waals surface area contributed by atoms with Crippen molar-refractivity contribution >= 4 is 22.1 Å². The van der Waals surface area contributed by atoms with Gasteiger partial charge in [-0.3, -0.25) is 0 Å². The van der Waals surface area contributed by atoms with Crippen molar-refractivity contribution in [3.8, 4) is 0 Å². The monoisotopic (exact) mass is 169 g/mol. The number of hydrogen-bond donors (Lipinski definition) is 1. The van der Waals surface area contributed by atoms with E-state index in [4.69, 9.17) is 0 Å². The fourth-order valence-corrected chi connectivity index (χ4v) is 1.33. The zero-order chi connectivity index (χ0) is 8.67. The third kappa shape index (κ3) is 0.885. The Hall–Kier alpha value is -1.97. The number of rotatable bonds is 0. The van der Waals surface area contributed by atoms with Gasteiger partial charge in [-0.2, -0.15) is 0 Å². The summed E-state index contributed by atoms with van der Waals surface area (Å²) in [6.45, 7) is 0. The lowest BCUT2D eigenvalue weighted by Crippen LogP contribution is -1.80. The van der Waals surface area contributed by atoms with Crippen molar-refractivity contribution in [3.63, 3.8) is 0 Å². The number of benzene rings is 1. The van der Waals surface area contributed by atoms with Crippen molar-refractivity contribution in [3.05, 3.63) is 30.3 Å². The van der Waals surface area contributed by atoms with E-state index >= 15 is 0 Å². The first-order valence-corrected chi connectivity index (χ1v) is 3.91. The lowest BCUT2D eigenvalue weighted by atomic mass is 10.2. The SMILES string of the molecule is [c]1ccc2cc3nn[nH]c3nc2c1. The van der Waals surface area contributed by atoms with Gasteiger partial charge in [0.2, 0.25) is 0 Å². The summed E-state index contributed by atoms with van der Waals surface area (Å²) in [6, 6.07) is 10.6. The molecule has 2 heterocycles. The predicted octanol–water partition coefficient (Wildman–Crippen LogP) is 1.31. The fourth-order valence-electron chi connectivity index (χ4n) is 1.33. The molecule has 2 aromatic heterocycles. The molecule has 3 aromatic rings. The highest BCUT2D eigenvalue weighted by Gasteiger charge is 2.00. The Bertz CT molecular complexity index is 520. The first-order chi connectivity index (χ1) is 6.43. The molecule has 0 unspecified atom stereocenters. The molecule has 1 aromatic carbocycles. The van der Waals surface area contributed by atoms with Gasteiger partial charge < -0.3 is 0 Å². The summed E-state index contributed by atoms with van der Waals surface area (Å²) in [6.07, 6.45) is 0. The topological polar surface area (TPSA) is 54.5 Å². The van der Waals surface area contributed by atoms with Gasteiger partial charge in [0, 0.05) is 5.39 Å². The van der Waals surface area contributed by atoms with Crippen molar-refractivity contribution in [2.75, 3.05) is 0 Å². The second-order valence-corrected chi connectivity index (χ2v) is 2.79. The van der Waals surface area contributed by atoms with Gasteiger partial charge in [-0.1, -0.05) is 17.3 Å². The highest BCUT2D eigenvalue weighted by molar-refractivity contribution is 5.88. The van der Waals surface area contributed by atoms with Crippen LogP contribution >= 0.6 is 0 Å². The quantitative estimate of drug-likeness (QED) is 0.552. The van der Waals surface area contributed by atoms with Crippen LogP contribution in [0.3, 0.4) is 0 Å². The van der Waals surface area contributed by atoms with Gasteiger partial charge in [0.15, 0.2) is 5.65 Å². The normalized spacial score (nSPS) is 11.1. The van der Waals surface area contributed by atoms with Crippen molar-refractivity contribution in [2.24, 2.45) is 0 Å². The van der Waals surface area contributed by atoms with Crippen LogP contribution in [0.4, 0.5) is 0 Å². The predicted molar refractivity (Wildman–Crippen MR) is 48.0 cm³/mol. The number of aromatic amines is 1. The maximum Gasteiger partial charge on any atom is 0.176 e. The molecular weight excluding hydrogens is 164 g/mol. The summed E-state index contributed by atoms with van der Waals surface area (Å²) in [5, 5.41) is 11.3. The van der Waals surface area contributed by atoms with Crippen molar-refractivity contribution < 1.29 is 0 Å². The molecule has 0 bridgehead atoms. The number of fused-ring (bicyclic) bond motifs is 2. The third-order valence-corrected chi connectivity index (χ3v) is 1.96. The number of aromatic nitrogens is 4. The summed E-state index contributed by atoms with van der Waals surface area (Å²) in [7, 11) is 0. The van der Waals surface area contributed by atoms with E-state index in [9.17, 15) is 0 Å². The minimum Gasteiger partial charge on any atom is -0.240 e. The van der Waals surface area contributed by atoms with Crippen LogP contribution in [-0.4, -0.2) is 20.4 Å². The van der Waals surface area contributed by atoms with E-state index in [1.54, 1.807) is 0 Å². The number of nitrogens with zero attached hydrogens (tertiary/aromatic N) is 3. The number of nitrogens with one attached hydrogen (secondary N) is 1. The second kappa shape index (κ2) is 2.26. The molecule has 0 fully saturated rings. The highest BCUT2D eigenvalue weighted by atomic mass is 15.3. The van der Waals surface area contributed by atoms with Gasteiger partial charge in [-0.05, 0) is 18.2 Å². The fraction of sp³-hybridized carbons (Fsp3) is 0. The zero-order valence-electron chi connectivity index (χ0n) is 6.65. The largest absolute Gasteiger partial charge is 0.240 e. The molecule has 1 N–H and O–H groups in total. The van der Waals surface area contributed by atoms with Gasteiger partial charge >= 0.3 is 0 Å². The summed E-state index contributed by atoms with van der Waals surface area (Å²) in [5.74, 6) is 0. The molecule has 13 heavy (non-hydrogen) atoms. The van der Waals surface area contributed by atoms with Gasteiger partial charge in [-0.25, -0.2) is 10.1 Å². The lowest BCUT2D eigenvalue weighted by Gasteiger charge is -1.93. The van der Waals surface area contributed by atoms with Crippen LogP contribution in [0.15, 0.2) is 24.3 Å². The van der Waals surface area contributed by atoms with Crippen LogP contribution in [0.25, 0.3) is 22.1 Å². The molecule has 0 saturated carbocycles. The van der Waals surface area contributed by atoms with Gasteiger partial charge in [0.25, 0.3) is 0 Å². The first kappa shape index (κ1) is 6.54. The molecule has 1 radical (unpaired) electrons. The number of pyridine rings is 1. The number of hydrogen-bond acceptors (Lipinski definition) is 3. The van der Waals surface area contributed by atoms with E-state index in [0.29, 0.717) is 5.65 Å². The van der Waals surface area contributed by atoms with E-state index in [1.807, 2.05) is 24.3 Å². The molecule has 0 spiro atoms. The van der Waals surface area contributed by atoms with Crippen molar-refractivity contribution in [1.29, 1.82) is 0 Å². The van der Waals surface area contributed by atoms with Crippen LogP contribution < -0.4 is 0 Å². The standard InChI is InChI=1S/C9H5N4/c1-2-4-7-6(3-1)5-8-9(10-7)12-13-11-8/h1,3-5H,(H,10,11,12,13). The average Bonchev–Trinajstić information content (AvgIpc) is 2.61. The molecule has 61 valence electrons. The van der Waals surface area contributed by atoms with E-state index < -0.39 is 0 Å². The van der Waals surface area contributed by atoms with E-state index in [0.717, 1.165) is 16.4 Å².